The highest BCUT2D eigenvalue weighted by molar-refractivity contribution is 7.98. The van der Waals surface area contributed by atoms with Crippen LogP contribution in [0, 0.1) is 0 Å². The summed E-state index contributed by atoms with van der Waals surface area (Å²) in [5, 5.41) is 9.65. The fourth-order valence-corrected chi connectivity index (χ4v) is 1.94. The van der Waals surface area contributed by atoms with Crippen molar-refractivity contribution in [1.29, 1.82) is 0 Å². The van der Waals surface area contributed by atoms with Crippen molar-refractivity contribution >= 4 is 23.6 Å². The van der Waals surface area contributed by atoms with Gasteiger partial charge in [-0.05, 0) is 25.3 Å². The van der Waals surface area contributed by atoms with E-state index in [9.17, 15) is 4.79 Å². The SMILES string of the molecule is CCOc1n[nH]c(NC(=O)c2cccnc2SC)n1. The Morgan fingerprint density at radius 3 is 3.16 bits per heavy atom. The summed E-state index contributed by atoms with van der Waals surface area (Å²) < 4.78 is 5.10. The van der Waals surface area contributed by atoms with Gasteiger partial charge in [0.15, 0.2) is 0 Å². The Hall–Kier alpha value is -2.09. The summed E-state index contributed by atoms with van der Waals surface area (Å²) in [5.41, 5.74) is 0.490. The number of thioether (sulfide) groups is 1. The number of amides is 1. The molecule has 2 rings (SSSR count). The van der Waals surface area contributed by atoms with Crippen LogP contribution in [0.4, 0.5) is 5.95 Å². The molecule has 0 unspecified atom stereocenters. The smallest absolute Gasteiger partial charge is 0.337 e. The first kappa shape index (κ1) is 13.3. The third kappa shape index (κ3) is 3.22. The normalized spacial score (nSPS) is 10.2. The highest BCUT2D eigenvalue weighted by Crippen LogP contribution is 2.17. The molecule has 100 valence electrons. The summed E-state index contributed by atoms with van der Waals surface area (Å²) in [6, 6.07) is 3.61. The summed E-state index contributed by atoms with van der Waals surface area (Å²) in [6.45, 7) is 2.29. The lowest BCUT2D eigenvalue weighted by molar-refractivity contribution is 0.102. The molecule has 0 radical (unpaired) electrons. The van der Waals surface area contributed by atoms with E-state index in [1.54, 1.807) is 18.3 Å². The van der Waals surface area contributed by atoms with E-state index in [4.69, 9.17) is 4.74 Å². The lowest BCUT2D eigenvalue weighted by atomic mass is 10.3. The van der Waals surface area contributed by atoms with Gasteiger partial charge in [0, 0.05) is 6.20 Å². The molecule has 2 aromatic heterocycles. The van der Waals surface area contributed by atoms with E-state index in [0.29, 0.717) is 17.2 Å². The van der Waals surface area contributed by atoms with Crippen LogP contribution in [0.15, 0.2) is 23.4 Å². The second-order valence-corrected chi connectivity index (χ2v) is 4.21. The van der Waals surface area contributed by atoms with Gasteiger partial charge in [-0.2, -0.15) is 4.98 Å². The van der Waals surface area contributed by atoms with Crippen LogP contribution in [-0.4, -0.2) is 38.9 Å². The highest BCUT2D eigenvalue weighted by atomic mass is 32.2. The molecule has 0 bridgehead atoms. The van der Waals surface area contributed by atoms with Gasteiger partial charge in [-0.25, -0.2) is 10.1 Å². The summed E-state index contributed by atoms with van der Waals surface area (Å²) in [5.74, 6) is -0.0546. The van der Waals surface area contributed by atoms with E-state index in [1.165, 1.54) is 11.8 Å². The molecule has 2 heterocycles. The zero-order valence-corrected chi connectivity index (χ0v) is 11.3. The van der Waals surface area contributed by atoms with Gasteiger partial charge in [-0.1, -0.05) is 0 Å². The molecule has 0 saturated carbocycles. The number of ether oxygens (including phenoxy) is 1. The second kappa shape index (κ2) is 6.19. The summed E-state index contributed by atoms with van der Waals surface area (Å²) >= 11 is 1.40. The van der Waals surface area contributed by atoms with Gasteiger partial charge >= 0.3 is 6.01 Å². The fraction of sp³-hybridized carbons (Fsp3) is 0.273. The van der Waals surface area contributed by atoms with Crippen LogP contribution in [0.1, 0.15) is 17.3 Å². The van der Waals surface area contributed by atoms with Gasteiger partial charge in [0.25, 0.3) is 5.91 Å². The summed E-state index contributed by atoms with van der Waals surface area (Å²) in [6.07, 6.45) is 3.50. The number of hydrogen-bond acceptors (Lipinski definition) is 6. The largest absolute Gasteiger partial charge is 0.463 e. The Morgan fingerprint density at radius 2 is 2.42 bits per heavy atom. The number of rotatable bonds is 5. The third-order valence-corrected chi connectivity index (χ3v) is 2.89. The van der Waals surface area contributed by atoms with E-state index >= 15 is 0 Å². The standard InChI is InChI=1S/C11H13N5O2S/c1-3-18-11-14-10(15-16-11)13-8(17)7-5-4-6-12-9(7)19-2/h4-6H,3H2,1-2H3,(H2,13,14,15,16,17). The topological polar surface area (TPSA) is 92.8 Å². The molecule has 19 heavy (non-hydrogen) atoms. The van der Waals surface area contributed by atoms with Crippen LogP contribution >= 0.6 is 11.8 Å². The van der Waals surface area contributed by atoms with Crippen molar-refractivity contribution in [3.8, 4) is 6.01 Å². The van der Waals surface area contributed by atoms with Crippen LogP contribution in [0.25, 0.3) is 0 Å². The molecule has 7 nitrogen and oxygen atoms in total. The summed E-state index contributed by atoms with van der Waals surface area (Å²) in [7, 11) is 0. The molecule has 0 spiro atoms. The molecule has 0 atom stereocenters. The molecule has 0 fully saturated rings. The average molecular weight is 279 g/mol. The van der Waals surface area contributed by atoms with Crippen molar-refractivity contribution in [3.05, 3.63) is 23.9 Å². The van der Waals surface area contributed by atoms with Gasteiger partial charge in [-0.15, -0.1) is 16.9 Å². The van der Waals surface area contributed by atoms with Gasteiger partial charge in [-0.3, -0.25) is 10.1 Å². The number of aromatic nitrogens is 4. The van der Waals surface area contributed by atoms with Gasteiger partial charge in [0.2, 0.25) is 5.95 Å². The minimum absolute atomic E-state index is 0.203. The summed E-state index contributed by atoms with van der Waals surface area (Å²) in [4.78, 5) is 20.2. The number of carbonyl (C=O) groups is 1. The molecule has 2 aromatic rings. The first-order chi connectivity index (χ1) is 9.24. The molecule has 2 N–H and O–H groups in total. The zero-order valence-electron chi connectivity index (χ0n) is 10.5. The molecular weight excluding hydrogens is 266 g/mol. The average Bonchev–Trinajstić information content (AvgIpc) is 2.86. The van der Waals surface area contributed by atoms with E-state index in [1.807, 2.05) is 13.2 Å². The molecule has 1 amide bonds. The second-order valence-electron chi connectivity index (χ2n) is 3.41. The number of anilines is 1. The van der Waals surface area contributed by atoms with Gasteiger partial charge in [0.1, 0.15) is 5.03 Å². The number of hydrogen-bond donors (Lipinski definition) is 2. The van der Waals surface area contributed by atoms with Crippen molar-refractivity contribution in [1.82, 2.24) is 20.2 Å². The maximum absolute atomic E-state index is 12.1. The number of pyridine rings is 1. The lowest BCUT2D eigenvalue weighted by Crippen LogP contribution is -2.14. The molecule has 0 saturated heterocycles. The predicted octanol–water partition coefficient (Wildman–Crippen LogP) is 1.57. The van der Waals surface area contributed by atoms with E-state index in [2.05, 4.69) is 25.5 Å². The molecular formula is C11H13N5O2S. The maximum atomic E-state index is 12.1. The van der Waals surface area contributed by atoms with Crippen LogP contribution in [-0.2, 0) is 0 Å². The number of nitrogens with one attached hydrogen (secondary N) is 2. The first-order valence-corrected chi connectivity index (χ1v) is 6.82. The molecule has 0 aliphatic carbocycles. The Kier molecular flexibility index (Phi) is 4.35. The van der Waals surface area contributed by atoms with Crippen LogP contribution < -0.4 is 10.1 Å². The Bertz CT molecular complexity index is 572. The predicted molar refractivity (Wildman–Crippen MR) is 71.5 cm³/mol. The third-order valence-electron chi connectivity index (χ3n) is 2.18. The minimum atomic E-state index is -0.295. The number of H-pyrrole nitrogens is 1. The van der Waals surface area contributed by atoms with Gasteiger partial charge in [0.05, 0.1) is 12.2 Å². The van der Waals surface area contributed by atoms with Crippen molar-refractivity contribution in [2.24, 2.45) is 0 Å². The zero-order chi connectivity index (χ0) is 13.7. The van der Waals surface area contributed by atoms with Crippen molar-refractivity contribution in [3.63, 3.8) is 0 Å². The minimum Gasteiger partial charge on any atom is -0.463 e. The van der Waals surface area contributed by atoms with Crippen LogP contribution in [0.2, 0.25) is 0 Å². The lowest BCUT2D eigenvalue weighted by Gasteiger charge is -2.04. The van der Waals surface area contributed by atoms with Crippen molar-refractivity contribution in [2.45, 2.75) is 11.9 Å². The highest BCUT2D eigenvalue weighted by Gasteiger charge is 2.13. The fourth-order valence-electron chi connectivity index (χ4n) is 1.40. The van der Waals surface area contributed by atoms with E-state index < -0.39 is 0 Å². The van der Waals surface area contributed by atoms with Crippen LogP contribution in [0.5, 0.6) is 6.01 Å². The Balaban J connectivity index is 2.11. The van der Waals surface area contributed by atoms with E-state index in [0.717, 1.165) is 0 Å². The maximum Gasteiger partial charge on any atom is 0.337 e. The van der Waals surface area contributed by atoms with E-state index in [-0.39, 0.29) is 17.9 Å². The first-order valence-electron chi connectivity index (χ1n) is 5.60. The molecule has 0 aliphatic heterocycles. The van der Waals surface area contributed by atoms with Crippen LogP contribution in [0.3, 0.4) is 0 Å². The number of nitrogens with zero attached hydrogens (tertiary/aromatic N) is 3. The quantitative estimate of drug-likeness (QED) is 0.807. The van der Waals surface area contributed by atoms with Crippen molar-refractivity contribution in [2.75, 3.05) is 18.2 Å². The molecule has 0 aliphatic rings. The number of aromatic amines is 1. The van der Waals surface area contributed by atoms with Gasteiger partial charge < -0.3 is 4.74 Å². The number of carbonyl (C=O) groups excluding carboxylic acids is 1. The Morgan fingerprint density at radius 1 is 1.58 bits per heavy atom. The monoisotopic (exact) mass is 279 g/mol. The Labute approximate surface area is 114 Å². The molecule has 8 heteroatoms. The molecule has 0 aromatic carbocycles. The van der Waals surface area contributed by atoms with Crippen molar-refractivity contribution < 1.29 is 9.53 Å².